The molecule has 0 radical (unpaired) electrons. The van der Waals surface area contributed by atoms with Crippen LogP contribution in [0.5, 0.6) is 0 Å². The van der Waals surface area contributed by atoms with Gasteiger partial charge in [0.25, 0.3) is 0 Å². The Morgan fingerprint density at radius 1 is 1.35 bits per heavy atom. The first-order chi connectivity index (χ1) is 8.42. The Kier molecular flexibility index (Phi) is 2.89. The lowest BCUT2D eigenvalue weighted by Crippen LogP contribution is -2.42. The zero-order chi connectivity index (χ0) is 11.5. The summed E-state index contributed by atoms with van der Waals surface area (Å²) in [5.41, 5.74) is 0. The van der Waals surface area contributed by atoms with Gasteiger partial charge < -0.3 is 14.3 Å². The fourth-order valence-electron chi connectivity index (χ4n) is 1.89. The van der Waals surface area contributed by atoms with Crippen LogP contribution in [-0.4, -0.2) is 41.2 Å². The van der Waals surface area contributed by atoms with Crippen LogP contribution in [0.4, 0.5) is 0 Å². The normalized spacial score (nSPS) is 17.4. The third-order valence-corrected chi connectivity index (χ3v) is 2.78. The predicted molar refractivity (Wildman–Crippen MR) is 60.1 cm³/mol. The molecule has 17 heavy (non-hydrogen) atoms. The fraction of sp³-hybridized carbons (Fsp3) is 0.455. The third-order valence-electron chi connectivity index (χ3n) is 2.78. The minimum Gasteiger partial charge on any atom is -0.461 e. The van der Waals surface area contributed by atoms with E-state index in [-0.39, 0.29) is 0 Å². The molecule has 0 amide bonds. The van der Waals surface area contributed by atoms with E-state index in [9.17, 15) is 0 Å². The molecule has 2 aromatic rings. The van der Waals surface area contributed by atoms with Crippen LogP contribution in [0.2, 0.25) is 0 Å². The Morgan fingerprint density at radius 2 is 2.24 bits per heavy atom. The molecule has 0 atom stereocenters. The van der Waals surface area contributed by atoms with Crippen LogP contribution in [0.3, 0.4) is 0 Å². The van der Waals surface area contributed by atoms with E-state index in [0.717, 1.165) is 26.2 Å². The second-order valence-corrected chi connectivity index (χ2v) is 4.02. The van der Waals surface area contributed by atoms with Crippen LogP contribution in [0, 0.1) is 0 Å². The van der Waals surface area contributed by atoms with Crippen molar-refractivity contribution in [1.82, 2.24) is 20.4 Å². The average molecular weight is 234 g/mol. The highest BCUT2D eigenvalue weighted by Crippen LogP contribution is 2.16. The molecule has 1 fully saturated rings. The number of hydrogen-bond acceptors (Lipinski definition) is 6. The van der Waals surface area contributed by atoms with Gasteiger partial charge >= 0.3 is 0 Å². The molecule has 3 heterocycles. The van der Waals surface area contributed by atoms with Crippen molar-refractivity contribution in [2.75, 3.05) is 26.2 Å². The van der Waals surface area contributed by atoms with Crippen molar-refractivity contribution in [1.29, 1.82) is 0 Å². The van der Waals surface area contributed by atoms with E-state index in [4.69, 9.17) is 8.94 Å². The van der Waals surface area contributed by atoms with Crippen molar-refractivity contribution in [2.24, 2.45) is 0 Å². The topological polar surface area (TPSA) is 67.3 Å². The smallest absolute Gasteiger partial charge is 0.241 e. The van der Waals surface area contributed by atoms with E-state index in [1.165, 1.54) is 0 Å². The summed E-state index contributed by atoms with van der Waals surface area (Å²) in [4.78, 5) is 6.60. The van der Waals surface area contributed by atoms with Crippen molar-refractivity contribution >= 4 is 0 Å². The van der Waals surface area contributed by atoms with Crippen LogP contribution >= 0.6 is 0 Å². The Morgan fingerprint density at radius 3 is 3.00 bits per heavy atom. The summed E-state index contributed by atoms with van der Waals surface area (Å²) in [5.74, 6) is 1.79. The van der Waals surface area contributed by atoms with Crippen molar-refractivity contribution in [2.45, 2.75) is 6.54 Å². The number of hydrogen-bond donors (Lipinski definition) is 1. The van der Waals surface area contributed by atoms with Gasteiger partial charge in [-0.2, -0.15) is 4.98 Å². The summed E-state index contributed by atoms with van der Waals surface area (Å²) in [6, 6.07) is 3.63. The monoisotopic (exact) mass is 234 g/mol. The van der Waals surface area contributed by atoms with Gasteiger partial charge in [0.05, 0.1) is 12.8 Å². The molecule has 1 aliphatic rings. The quantitative estimate of drug-likeness (QED) is 0.844. The first-order valence-corrected chi connectivity index (χ1v) is 5.71. The summed E-state index contributed by atoms with van der Waals surface area (Å²) < 4.78 is 10.4. The van der Waals surface area contributed by atoms with Crippen LogP contribution in [0.15, 0.2) is 27.3 Å². The molecule has 1 N–H and O–H groups in total. The molecule has 3 rings (SSSR count). The maximum absolute atomic E-state index is 5.21. The maximum atomic E-state index is 5.21. The van der Waals surface area contributed by atoms with Gasteiger partial charge in [-0.15, -0.1) is 0 Å². The summed E-state index contributed by atoms with van der Waals surface area (Å²) in [6.07, 6.45) is 1.60. The number of nitrogens with one attached hydrogen (secondary N) is 1. The Labute approximate surface area is 98.6 Å². The van der Waals surface area contributed by atoms with Crippen LogP contribution < -0.4 is 5.32 Å². The predicted octanol–water partition coefficient (Wildman–Crippen LogP) is 0.735. The van der Waals surface area contributed by atoms with Gasteiger partial charge in [0.15, 0.2) is 5.76 Å². The van der Waals surface area contributed by atoms with Gasteiger partial charge in [0.1, 0.15) is 0 Å². The van der Waals surface area contributed by atoms with Crippen LogP contribution in [0.25, 0.3) is 11.6 Å². The van der Waals surface area contributed by atoms with E-state index < -0.39 is 0 Å². The number of furan rings is 1. The summed E-state index contributed by atoms with van der Waals surface area (Å²) in [5, 5.41) is 7.21. The SMILES string of the molecule is c1coc(-c2noc(CN3CCNCC3)n2)c1. The molecule has 2 aromatic heterocycles. The molecular weight excluding hydrogens is 220 g/mol. The molecule has 0 bridgehead atoms. The lowest BCUT2D eigenvalue weighted by atomic mass is 10.3. The van der Waals surface area contributed by atoms with E-state index in [1.807, 2.05) is 12.1 Å². The van der Waals surface area contributed by atoms with Gasteiger partial charge in [0.2, 0.25) is 11.7 Å². The molecule has 0 spiro atoms. The lowest BCUT2D eigenvalue weighted by molar-refractivity contribution is 0.203. The lowest BCUT2D eigenvalue weighted by Gasteiger charge is -2.25. The third kappa shape index (κ3) is 2.37. The van der Waals surface area contributed by atoms with E-state index in [2.05, 4.69) is 20.4 Å². The molecular formula is C11H14N4O2. The average Bonchev–Trinajstić information content (AvgIpc) is 3.00. The Bertz CT molecular complexity index is 460. The van der Waals surface area contributed by atoms with Crippen molar-refractivity contribution in [3.63, 3.8) is 0 Å². The van der Waals surface area contributed by atoms with Crippen LogP contribution in [0.1, 0.15) is 5.89 Å². The van der Waals surface area contributed by atoms with E-state index in [0.29, 0.717) is 24.0 Å². The Hall–Kier alpha value is -1.66. The molecule has 1 saturated heterocycles. The van der Waals surface area contributed by atoms with Gasteiger partial charge in [-0.3, -0.25) is 4.90 Å². The molecule has 0 aromatic carbocycles. The summed E-state index contributed by atoms with van der Waals surface area (Å²) in [6.45, 7) is 4.75. The highest BCUT2D eigenvalue weighted by Gasteiger charge is 2.15. The van der Waals surface area contributed by atoms with E-state index in [1.54, 1.807) is 6.26 Å². The molecule has 0 unspecified atom stereocenters. The second kappa shape index (κ2) is 4.68. The van der Waals surface area contributed by atoms with E-state index >= 15 is 0 Å². The molecule has 1 aliphatic heterocycles. The van der Waals surface area contributed by atoms with Gasteiger partial charge in [-0.25, -0.2) is 0 Å². The maximum Gasteiger partial charge on any atom is 0.241 e. The molecule has 6 heteroatoms. The highest BCUT2D eigenvalue weighted by atomic mass is 16.5. The van der Waals surface area contributed by atoms with Gasteiger partial charge in [0, 0.05) is 26.2 Å². The number of nitrogens with zero attached hydrogens (tertiary/aromatic N) is 3. The highest BCUT2D eigenvalue weighted by molar-refractivity contribution is 5.44. The van der Waals surface area contributed by atoms with Gasteiger partial charge in [-0.05, 0) is 12.1 Å². The van der Waals surface area contributed by atoms with Crippen LogP contribution in [-0.2, 0) is 6.54 Å². The van der Waals surface area contributed by atoms with Crippen molar-refractivity contribution in [3.05, 3.63) is 24.3 Å². The molecule has 90 valence electrons. The minimum atomic E-state index is 0.514. The number of piperazine rings is 1. The first-order valence-electron chi connectivity index (χ1n) is 5.71. The molecule has 0 aliphatic carbocycles. The minimum absolute atomic E-state index is 0.514. The summed E-state index contributed by atoms with van der Waals surface area (Å²) in [7, 11) is 0. The number of aromatic nitrogens is 2. The zero-order valence-electron chi connectivity index (χ0n) is 9.43. The first kappa shape index (κ1) is 10.5. The molecule has 6 nitrogen and oxygen atoms in total. The van der Waals surface area contributed by atoms with Crippen molar-refractivity contribution in [3.8, 4) is 11.6 Å². The fourth-order valence-corrected chi connectivity index (χ4v) is 1.89. The zero-order valence-corrected chi connectivity index (χ0v) is 9.43. The number of rotatable bonds is 3. The Balaban J connectivity index is 1.68. The molecule has 0 saturated carbocycles. The van der Waals surface area contributed by atoms with Gasteiger partial charge in [-0.1, -0.05) is 5.16 Å². The van der Waals surface area contributed by atoms with Crippen molar-refractivity contribution < 1.29 is 8.94 Å². The second-order valence-electron chi connectivity index (χ2n) is 4.02. The standard InChI is InChI=1S/C11H14N4O2/c1-2-9(16-7-1)11-13-10(17-14-11)8-15-5-3-12-4-6-15/h1-2,7,12H,3-6,8H2. The largest absolute Gasteiger partial charge is 0.461 e. The summed E-state index contributed by atoms with van der Waals surface area (Å²) >= 11 is 0.